The van der Waals surface area contributed by atoms with Crippen molar-refractivity contribution < 1.29 is 0 Å². The highest BCUT2D eigenvalue weighted by Crippen LogP contribution is 2.31. The minimum atomic E-state index is 0.738. The second kappa shape index (κ2) is 4.20. The minimum Gasteiger partial charge on any atom is -0.389 e. The van der Waals surface area contributed by atoms with Crippen LogP contribution in [-0.2, 0) is 0 Å². The van der Waals surface area contributed by atoms with Gasteiger partial charge >= 0.3 is 0 Å². The highest BCUT2D eigenvalue weighted by molar-refractivity contribution is 8.01. The van der Waals surface area contributed by atoms with Crippen LogP contribution in [0.15, 0.2) is 27.7 Å². The standard InChI is InChI=1S/C10H11N3S2/c1-6-3-7(2)13-9(4-6)15-10-12-5-8(11)14-10/h3-5H,11H2,1-2H3. The van der Waals surface area contributed by atoms with E-state index in [4.69, 9.17) is 5.73 Å². The smallest absolute Gasteiger partial charge is 0.158 e. The lowest BCUT2D eigenvalue weighted by Gasteiger charge is -2.00. The molecule has 2 heterocycles. The van der Waals surface area contributed by atoms with Crippen LogP contribution in [0, 0.1) is 13.8 Å². The van der Waals surface area contributed by atoms with Crippen molar-refractivity contribution >= 4 is 28.1 Å². The second-order valence-corrected chi connectivity index (χ2v) is 5.58. The van der Waals surface area contributed by atoms with E-state index in [1.54, 1.807) is 18.0 Å². The molecule has 0 saturated heterocycles. The van der Waals surface area contributed by atoms with E-state index in [0.717, 1.165) is 20.1 Å². The third kappa shape index (κ3) is 2.70. The first-order valence-electron chi connectivity index (χ1n) is 4.48. The van der Waals surface area contributed by atoms with Gasteiger partial charge in [0.25, 0.3) is 0 Å². The molecule has 3 nitrogen and oxygen atoms in total. The van der Waals surface area contributed by atoms with Gasteiger partial charge in [0.05, 0.1) is 6.20 Å². The third-order valence-electron chi connectivity index (χ3n) is 1.77. The monoisotopic (exact) mass is 237 g/mol. The third-order valence-corrected chi connectivity index (χ3v) is 3.59. The molecular formula is C10H11N3S2. The summed E-state index contributed by atoms with van der Waals surface area (Å²) in [6, 6.07) is 4.11. The summed E-state index contributed by atoms with van der Waals surface area (Å²) in [5.74, 6) is 0. The number of nitrogens with zero attached hydrogens (tertiary/aromatic N) is 2. The molecule has 2 N–H and O–H groups in total. The van der Waals surface area contributed by atoms with Crippen LogP contribution in [0.4, 0.5) is 5.00 Å². The molecular weight excluding hydrogens is 226 g/mol. The molecule has 0 aliphatic rings. The summed E-state index contributed by atoms with van der Waals surface area (Å²) in [4.78, 5) is 8.61. The molecule has 2 aromatic heterocycles. The summed E-state index contributed by atoms with van der Waals surface area (Å²) < 4.78 is 0.935. The fraction of sp³-hybridized carbons (Fsp3) is 0.200. The molecule has 78 valence electrons. The largest absolute Gasteiger partial charge is 0.389 e. The molecule has 0 aliphatic heterocycles. The van der Waals surface area contributed by atoms with Crippen LogP contribution in [0.3, 0.4) is 0 Å². The van der Waals surface area contributed by atoms with Crippen molar-refractivity contribution in [2.45, 2.75) is 23.2 Å². The van der Waals surface area contributed by atoms with Gasteiger partial charge in [-0.15, -0.1) is 0 Å². The van der Waals surface area contributed by atoms with E-state index in [9.17, 15) is 0 Å². The van der Waals surface area contributed by atoms with Crippen molar-refractivity contribution in [1.29, 1.82) is 0 Å². The zero-order chi connectivity index (χ0) is 10.8. The summed E-state index contributed by atoms with van der Waals surface area (Å²) in [5.41, 5.74) is 7.86. The molecule has 5 heteroatoms. The van der Waals surface area contributed by atoms with E-state index in [1.165, 1.54) is 16.9 Å². The summed E-state index contributed by atoms with van der Waals surface area (Å²) in [6.45, 7) is 4.06. The quantitative estimate of drug-likeness (QED) is 0.872. The molecule has 0 fully saturated rings. The lowest BCUT2D eigenvalue weighted by molar-refractivity contribution is 1.04. The van der Waals surface area contributed by atoms with E-state index < -0.39 is 0 Å². The summed E-state index contributed by atoms with van der Waals surface area (Å²) in [5, 5.41) is 1.71. The number of thiazole rings is 1. The first kappa shape index (κ1) is 10.4. The van der Waals surface area contributed by atoms with Gasteiger partial charge in [-0.25, -0.2) is 9.97 Å². The molecule has 0 amide bonds. The lowest BCUT2D eigenvalue weighted by atomic mass is 10.3. The van der Waals surface area contributed by atoms with Crippen molar-refractivity contribution in [2.24, 2.45) is 0 Å². The van der Waals surface area contributed by atoms with Crippen LogP contribution >= 0.6 is 23.1 Å². The van der Waals surface area contributed by atoms with Gasteiger partial charge in [0.1, 0.15) is 10.0 Å². The van der Waals surface area contributed by atoms with Crippen LogP contribution in [0.5, 0.6) is 0 Å². The van der Waals surface area contributed by atoms with Crippen molar-refractivity contribution in [1.82, 2.24) is 9.97 Å². The van der Waals surface area contributed by atoms with E-state index in [2.05, 4.69) is 29.0 Å². The minimum absolute atomic E-state index is 0.738. The van der Waals surface area contributed by atoms with Crippen LogP contribution < -0.4 is 5.73 Å². The average Bonchev–Trinajstić information content (AvgIpc) is 2.49. The number of aromatic nitrogens is 2. The van der Waals surface area contributed by atoms with Crippen LogP contribution in [0.25, 0.3) is 0 Å². The van der Waals surface area contributed by atoms with E-state index in [0.29, 0.717) is 0 Å². The molecule has 0 unspecified atom stereocenters. The molecule has 0 spiro atoms. The Balaban J connectivity index is 2.24. The molecule has 15 heavy (non-hydrogen) atoms. The number of hydrogen-bond donors (Lipinski definition) is 1. The van der Waals surface area contributed by atoms with Gasteiger partial charge in [-0.1, -0.05) is 11.3 Å². The highest BCUT2D eigenvalue weighted by atomic mass is 32.2. The maximum atomic E-state index is 5.61. The highest BCUT2D eigenvalue weighted by Gasteiger charge is 2.04. The van der Waals surface area contributed by atoms with Crippen molar-refractivity contribution in [3.8, 4) is 0 Å². The maximum absolute atomic E-state index is 5.61. The van der Waals surface area contributed by atoms with Gasteiger partial charge < -0.3 is 5.73 Å². The first-order valence-corrected chi connectivity index (χ1v) is 6.11. The fourth-order valence-electron chi connectivity index (χ4n) is 1.26. The normalized spacial score (nSPS) is 10.5. The lowest BCUT2D eigenvalue weighted by Crippen LogP contribution is -1.86. The second-order valence-electron chi connectivity index (χ2n) is 3.25. The van der Waals surface area contributed by atoms with E-state index >= 15 is 0 Å². The molecule has 0 aromatic carbocycles. The predicted molar refractivity (Wildman–Crippen MR) is 64.4 cm³/mol. The molecule has 2 aromatic rings. The number of hydrogen-bond acceptors (Lipinski definition) is 5. The number of nitrogen functional groups attached to an aromatic ring is 1. The number of nitrogens with two attached hydrogens (primary N) is 1. The maximum Gasteiger partial charge on any atom is 0.158 e. The van der Waals surface area contributed by atoms with Crippen LogP contribution in [0.2, 0.25) is 0 Å². The predicted octanol–water partition coefficient (Wildman–Crippen LogP) is 2.89. The van der Waals surface area contributed by atoms with Gasteiger partial charge in [0, 0.05) is 5.69 Å². The fourth-order valence-corrected chi connectivity index (χ4v) is 3.11. The van der Waals surface area contributed by atoms with Crippen molar-refractivity contribution in [3.63, 3.8) is 0 Å². The number of pyridine rings is 1. The van der Waals surface area contributed by atoms with Crippen molar-refractivity contribution in [3.05, 3.63) is 29.6 Å². The number of anilines is 1. The summed E-state index contributed by atoms with van der Waals surface area (Å²) in [6.07, 6.45) is 1.68. The molecule has 0 bridgehead atoms. The summed E-state index contributed by atoms with van der Waals surface area (Å²) >= 11 is 3.04. The van der Waals surface area contributed by atoms with E-state index in [1.807, 2.05) is 6.92 Å². The van der Waals surface area contributed by atoms with Crippen molar-refractivity contribution in [2.75, 3.05) is 5.73 Å². The Bertz CT molecular complexity index is 459. The molecule has 0 aliphatic carbocycles. The van der Waals surface area contributed by atoms with Gasteiger partial charge in [-0.3, -0.25) is 0 Å². The Hall–Kier alpha value is -1.07. The Morgan fingerprint density at radius 1 is 1.33 bits per heavy atom. The van der Waals surface area contributed by atoms with Crippen LogP contribution in [0.1, 0.15) is 11.3 Å². The molecule has 0 atom stereocenters. The number of aryl methyl sites for hydroxylation is 2. The number of rotatable bonds is 2. The van der Waals surface area contributed by atoms with Gasteiger partial charge in [-0.05, 0) is 43.3 Å². The Morgan fingerprint density at radius 2 is 2.13 bits per heavy atom. The zero-order valence-electron chi connectivity index (χ0n) is 8.52. The first-order chi connectivity index (χ1) is 7.13. The Kier molecular flexibility index (Phi) is 2.93. The zero-order valence-corrected chi connectivity index (χ0v) is 10.2. The average molecular weight is 237 g/mol. The SMILES string of the molecule is Cc1cc(C)nc(Sc2ncc(N)s2)c1. The molecule has 0 saturated carbocycles. The van der Waals surface area contributed by atoms with E-state index in [-0.39, 0.29) is 0 Å². The van der Waals surface area contributed by atoms with Crippen LogP contribution in [-0.4, -0.2) is 9.97 Å². The van der Waals surface area contributed by atoms with Gasteiger partial charge in [-0.2, -0.15) is 0 Å². The topological polar surface area (TPSA) is 51.8 Å². The summed E-state index contributed by atoms with van der Waals surface area (Å²) in [7, 11) is 0. The molecule has 0 radical (unpaired) electrons. The van der Waals surface area contributed by atoms with Gasteiger partial charge in [0.15, 0.2) is 4.34 Å². The Morgan fingerprint density at radius 3 is 2.73 bits per heavy atom. The Labute approximate surface area is 96.8 Å². The van der Waals surface area contributed by atoms with Gasteiger partial charge in [0.2, 0.25) is 0 Å². The molecule has 2 rings (SSSR count).